The Morgan fingerprint density at radius 2 is 1.78 bits per heavy atom. The molecule has 0 unspecified atom stereocenters. The van der Waals surface area contributed by atoms with Gasteiger partial charge in [0.05, 0.1) is 5.56 Å². The molecule has 2 rings (SSSR count). The average Bonchev–Trinajstić information content (AvgIpc) is 3.05. The van der Waals surface area contributed by atoms with Crippen LogP contribution in [-0.4, -0.2) is 36.8 Å². The van der Waals surface area contributed by atoms with Crippen molar-refractivity contribution in [3.63, 3.8) is 0 Å². The SMILES string of the molecule is Cc1cc(C)cc(C(=O)NCC(=O)OCC(=O)Nc2sccc2C(N)=O)c1. The van der Waals surface area contributed by atoms with E-state index in [0.29, 0.717) is 5.56 Å². The molecule has 0 atom stereocenters. The maximum absolute atomic E-state index is 12.1. The number of carbonyl (C=O) groups excluding carboxylic acids is 4. The molecule has 0 bridgehead atoms. The molecule has 0 fully saturated rings. The molecule has 142 valence electrons. The minimum absolute atomic E-state index is 0.181. The summed E-state index contributed by atoms with van der Waals surface area (Å²) in [6, 6.07) is 6.83. The molecule has 9 heteroatoms. The molecular weight excluding hydrogens is 370 g/mol. The van der Waals surface area contributed by atoms with Gasteiger partial charge in [0.25, 0.3) is 17.7 Å². The van der Waals surface area contributed by atoms with E-state index in [9.17, 15) is 19.2 Å². The number of aryl methyl sites for hydroxylation is 2. The lowest BCUT2D eigenvalue weighted by atomic mass is 10.1. The lowest BCUT2D eigenvalue weighted by molar-refractivity contribution is -0.146. The third-order valence-corrected chi connectivity index (χ3v) is 4.25. The fourth-order valence-corrected chi connectivity index (χ4v) is 3.13. The highest BCUT2D eigenvalue weighted by Crippen LogP contribution is 2.22. The first-order valence-electron chi connectivity index (χ1n) is 7.95. The Bertz CT molecular complexity index is 871. The smallest absolute Gasteiger partial charge is 0.325 e. The average molecular weight is 389 g/mol. The van der Waals surface area contributed by atoms with Gasteiger partial charge in [-0.25, -0.2) is 0 Å². The quantitative estimate of drug-likeness (QED) is 0.616. The van der Waals surface area contributed by atoms with E-state index in [2.05, 4.69) is 10.6 Å². The largest absolute Gasteiger partial charge is 0.454 e. The Kier molecular flexibility index (Phi) is 6.67. The van der Waals surface area contributed by atoms with Gasteiger partial charge in [-0.3, -0.25) is 19.2 Å². The van der Waals surface area contributed by atoms with E-state index in [0.717, 1.165) is 22.5 Å². The monoisotopic (exact) mass is 389 g/mol. The molecular formula is C18H19N3O5S. The molecule has 0 aliphatic rings. The summed E-state index contributed by atoms with van der Waals surface area (Å²) in [6.45, 7) is 2.82. The molecule has 1 aromatic carbocycles. The molecule has 3 amide bonds. The Labute approximate surface area is 159 Å². The zero-order chi connectivity index (χ0) is 20.0. The fraction of sp³-hybridized carbons (Fsp3) is 0.222. The third kappa shape index (κ3) is 5.93. The third-order valence-electron chi connectivity index (χ3n) is 3.43. The molecule has 1 heterocycles. The first-order chi connectivity index (χ1) is 12.8. The number of amides is 3. The summed E-state index contributed by atoms with van der Waals surface area (Å²) >= 11 is 1.12. The van der Waals surface area contributed by atoms with Crippen LogP contribution in [0.4, 0.5) is 5.00 Å². The summed E-state index contributed by atoms with van der Waals surface area (Å²) in [4.78, 5) is 46.8. The summed E-state index contributed by atoms with van der Waals surface area (Å²) in [5.41, 5.74) is 7.67. The van der Waals surface area contributed by atoms with E-state index < -0.39 is 30.3 Å². The number of nitrogens with two attached hydrogens (primary N) is 1. The first kappa shape index (κ1) is 20.1. The van der Waals surface area contributed by atoms with Crippen LogP contribution in [0.5, 0.6) is 0 Å². The summed E-state index contributed by atoms with van der Waals surface area (Å²) in [6.07, 6.45) is 0. The van der Waals surface area contributed by atoms with E-state index in [1.165, 1.54) is 6.07 Å². The number of hydrogen-bond donors (Lipinski definition) is 3. The summed E-state index contributed by atoms with van der Waals surface area (Å²) in [5.74, 6) is -2.45. The maximum Gasteiger partial charge on any atom is 0.325 e. The van der Waals surface area contributed by atoms with Gasteiger partial charge >= 0.3 is 5.97 Å². The molecule has 0 saturated heterocycles. The van der Waals surface area contributed by atoms with E-state index in [-0.39, 0.29) is 17.1 Å². The van der Waals surface area contributed by atoms with Crippen LogP contribution in [-0.2, 0) is 14.3 Å². The van der Waals surface area contributed by atoms with Crippen LogP contribution in [0.15, 0.2) is 29.6 Å². The number of carbonyl (C=O) groups is 4. The highest BCUT2D eigenvalue weighted by atomic mass is 32.1. The molecule has 0 aliphatic heterocycles. The topological polar surface area (TPSA) is 128 Å². The Morgan fingerprint density at radius 3 is 2.41 bits per heavy atom. The fourth-order valence-electron chi connectivity index (χ4n) is 2.32. The van der Waals surface area contributed by atoms with E-state index in [1.807, 2.05) is 19.9 Å². The van der Waals surface area contributed by atoms with Crippen molar-refractivity contribution in [1.82, 2.24) is 5.32 Å². The second-order valence-corrected chi connectivity index (χ2v) is 6.71. The zero-order valence-electron chi connectivity index (χ0n) is 14.8. The Morgan fingerprint density at radius 1 is 1.11 bits per heavy atom. The molecule has 8 nitrogen and oxygen atoms in total. The maximum atomic E-state index is 12.1. The van der Waals surface area contributed by atoms with Crippen LogP contribution in [0.25, 0.3) is 0 Å². The standard InChI is InChI=1S/C18H19N3O5S/c1-10-5-11(2)7-12(6-10)17(25)20-8-15(23)26-9-14(22)21-18-13(16(19)24)3-4-27-18/h3-7H,8-9H2,1-2H3,(H2,19,24)(H,20,25)(H,21,22). The van der Waals surface area contributed by atoms with Crippen molar-refractivity contribution in [2.24, 2.45) is 5.73 Å². The summed E-state index contributed by atoms with van der Waals surface area (Å²) < 4.78 is 4.81. The normalized spacial score (nSPS) is 10.1. The predicted molar refractivity (Wildman–Crippen MR) is 101 cm³/mol. The molecule has 4 N–H and O–H groups in total. The molecule has 0 radical (unpaired) electrons. The van der Waals surface area contributed by atoms with E-state index in [4.69, 9.17) is 10.5 Å². The van der Waals surface area contributed by atoms with Gasteiger partial charge in [-0.1, -0.05) is 17.2 Å². The van der Waals surface area contributed by atoms with Gasteiger partial charge in [0.1, 0.15) is 11.5 Å². The van der Waals surface area contributed by atoms with E-state index in [1.54, 1.807) is 17.5 Å². The zero-order valence-corrected chi connectivity index (χ0v) is 15.6. The minimum atomic E-state index is -0.760. The second kappa shape index (κ2) is 8.95. The summed E-state index contributed by atoms with van der Waals surface area (Å²) in [5, 5.41) is 6.77. The number of primary amides is 1. The number of rotatable bonds is 7. The van der Waals surface area contributed by atoms with Crippen LogP contribution in [0.2, 0.25) is 0 Å². The van der Waals surface area contributed by atoms with Gasteiger partial charge in [0.2, 0.25) is 0 Å². The van der Waals surface area contributed by atoms with Crippen LogP contribution in [0, 0.1) is 13.8 Å². The van der Waals surface area contributed by atoms with Gasteiger partial charge in [-0.2, -0.15) is 0 Å². The van der Waals surface area contributed by atoms with Crippen LogP contribution in [0.1, 0.15) is 31.8 Å². The number of ether oxygens (including phenoxy) is 1. The molecule has 1 aromatic heterocycles. The lowest BCUT2D eigenvalue weighted by Crippen LogP contribution is -2.32. The number of thiophene rings is 1. The van der Waals surface area contributed by atoms with Crippen molar-refractivity contribution in [3.8, 4) is 0 Å². The Hall–Kier alpha value is -3.20. The van der Waals surface area contributed by atoms with Gasteiger partial charge in [-0.05, 0) is 37.4 Å². The van der Waals surface area contributed by atoms with Crippen molar-refractivity contribution in [3.05, 3.63) is 51.9 Å². The molecule has 0 spiro atoms. The van der Waals surface area contributed by atoms with Crippen molar-refractivity contribution in [2.45, 2.75) is 13.8 Å². The van der Waals surface area contributed by atoms with Gasteiger partial charge in [0.15, 0.2) is 6.61 Å². The van der Waals surface area contributed by atoms with Crippen LogP contribution < -0.4 is 16.4 Å². The lowest BCUT2D eigenvalue weighted by Gasteiger charge is -2.08. The van der Waals surface area contributed by atoms with Crippen molar-refractivity contribution in [2.75, 3.05) is 18.5 Å². The minimum Gasteiger partial charge on any atom is -0.454 e. The number of benzene rings is 1. The van der Waals surface area contributed by atoms with Crippen molar-refractivity contribution >= 4 is 40.0 Å². The van der Waals surface area contributed by atoms with E-state index >= 15 is 0 Å². The van der Waals surface area contributed by atoms with Gasteiger partial charge < -0.3 is 21.1 Å². The van der Waals surface area contributed by atoms with Crippen molar-refractivity contribution < 1.29 is 23.9 Å². The number of nitrogens with one attached hydrogen (secondary N) is 2. The van der Waals surface area contributed by atoms with Crippen LogP contribution in [0.3, 0.4) is 0 Å². The van der Waals surface area contributed by atoms with Crippen molar-refractivity contribution in [1.29, 1.82) is 0 Å². The Balaban J connectivity index is 1.78. The second-order valence-electron chi connectivity index (χ2n) is 5.80. The molecule has 2 aromatic rings. The molecule has 27 heavy (non-hydrogen) atoms. The molecule has 0 aliphatic carbocycles. The van der Waals surface area contributed by atoms with Crippen LogP contribution >= 0.6 is 11.3 Å². The first-order valence-corrected chi connectivity index (χ1v) is 8.83. The highest BCUT2D eigenvalue weighted by Gasteiger charge is 2.15. The predicted octanol–water partition coefficient (Wildman–Crippen LogP) is 1.38. The molecule has 0 saturated carbocycles. The number of esters is 1. The summed E-state index contributed by atoms with van der Waals surface area (Å²) in [7, 11) is 0. The highest BCUT2D eigenvalue weighted by molar-refractivity contribution is 7.14. The van der Waals surface area contributed by atoms with Gasteiger partial charge in [0, 0.05) is 5.56 Å². The number of anilines is 1. The number of hydrogen-bond acceptors (Lipinski definition) is 6. The van der Waals surface area contributed by atoms with Gasteiger partial charge in [-0.15, -0.1) is 11.3 Å².